The highest BCUT2D eigenvalue weighted by molar-refractivity contribution is 5.97. The molecule has 0 aromatic rings. The topological polar surface area (TPSA) is 17.1 Å². The SMILES string of the molecule is CC1CCC/C(=C\[C@@H]2CCC[N+]2(C)C)C1=O. The molecule has 2 fully saturated rings. The summed E-state index contributed by atoms with van der Waals surface area (Å²) in [5, 5.41) is 0. The Morgan fingerprint density at radius 1 is 1.25 bits per heavy atom. The van der Waals surface area contributed by atoms with E-state index < -0.39 is 0 Å². The zero-order valence-corrected chi connectivity index (χ0v) is 10.8. The van der Waals surface area contributed by atoms with Crippen LogP contribution in [0.4, 0.5) is 0 Å². The van der Waals surface area contributed by atoms with E-state index in [-0.39, 0.29) is 5.92 Å². The summed E-state index contributed by atoms with van der Waals surface area (Å²) < 4.78 is 1.06. The Hall–Kier alpha value is -0.630. The lowest BCUT2D eigenvalue weighted by molar-refractivity contribution is -0.895. The van der Waals surface area contributed by atoms with Crippen molar-refractivity contribution in [3.8, 4) is 0 Å². The van der Waals surface area contributed by atoms with Crippen LogP contribution in [0.3, 0.4) is 0 Å². The van der Waals surface area contributed by atoms with Gasteiger partial charge in [0.15, 0.2) is 5.78 Å². The van der Waals surface area contributed by atoms with E-state index in [4.69, 9.17) is 0 Å². The van der Waals surface area contributed by atoms with E-state index in [1.54, 1.807) is 0 Å². The van der Waals surface area contributed by atoms with Crippen LogP contribution in [0.5, 0.6) is 0 Å². The minimum Gasteiger partial charge on any atom is -0.323 e. The third-order valence-electron chi connectivity index (χ3n) is 4.37. The van der Waals surface area contributed by atoms with Gasteiger partial charge in [0.05, 0.1) is 20.6 Å². The van der Waals surface area contributed by atoms with Gasteiger partial charge in [0.2, 0.25) is 0 Å². The third kappa shape index (κ3) is 2.22. The van der Waals surface area contributed by atoms with Crippen molar-refractivity contribution in [3.63, 3.8) is 0 Å². The minimum atomic E-state index is 0.261. The number of ketones is 1. The minimum absolute atomic E-state index is 0.261. The first-order valence-corrected chi connectivity index (χ1v) is 6.58. The molecule has 1 heterocycles. The molecule has 90 valence electrons. The van der Waals surface area contributed by atoms with Crippen LogP contribution in [0.2, 0.25) is 0 Å². The van der Waals surface area contributed by atoms with E-state index in [2.05, 4.69) is 27.1 Å². The summed E-state index contributed by atoms with van der Waals surface area (Å²) in [5.41, 5.74) is 1.12. The second kappa shape index (κ2) is 4.33. The lowest BCUT2D eigenvalue weighted by Gasteiger charge is -2.31. The first-order chi connectivity index (χ1) is 7.50. The number of carbonyl (C=O) groups is 1. The summed E-state index contributed by atoms with van der Waals surface area (Å²) in [6.07, 6.45) is 8.13. The summed E-state index contributed by atoms with van der Waals surface area (Å²) in [6, 6.07) is 0.573. The maximum absolute atomic E-state index is 12.0. The Balaban J connectivity index is 2.14. The molecular weight excluding hydrogens is 198 g/mol. The quantitative estimate of drug-likeness (QED) is 0.492. The predicted octanol–water partition coefficient (Wildman–Crippen LogP) is 2.54. The summed E-state index contributed by atoms with van der Waals surface area (Å²) in [4.78, 5) is 12.0. The van der Waals surface area contributed by atoms with Crippen LogP contribution in [0.25, 0.3) is 0 Å². The van der Waals surface area contributed by atoms with Crippen LogP contribution in [-0.4, -0.2) is 36.9 Å². The van der Waals surface area contributed by atoms with Gasteiger partial charge in [-0.2, -0.15) is 0 Å². The first-order valence-electron chi connectivity index (χ1n) is 6.58. The average molecular weight is 222 g/mol. The molecule has 1 aliphatic heterocycles. The van der Waals surface area contributed by atoms with Crippen molar-refractivity contribution in [1.29, 1.82) is 0 Å². The number of rotatable bonds is 1. The second-order valence-corrected chi connectivity index (χ2v) is 6.06. The zero-order valence-electron chi connectivity index (χ0n) is 10.8. The van der Waals surface area contributed by atoms with Crippen LogP contribution in [0.1, 0.15) is 39.0 Å². The Morgan fingerprint density at radius 3 is 2.62 bits per heavy atom. The standard InChI is InChI=1S/C14H24NO/c1-11-6-4-7-12(14(11)16)10-13-8-5-9-15(13,2)3/h10-11,13H,4-9H2,1-3H3/q+1/b12-10+/t11?,13-/m0/s1. The zero-order chi connectivity index (χ0) is 11.8. The maximum Gasteiger partial charge on any atom is 0.161 e. The van der Waals surface area contributed by atoms with Gasteiger partial charge in [0.25, 0.3) is 0 Å². The molecule has 1 saturated heterocycles. The van der Waals surface area contributed by atoms with Gasteiger partial charge >= 0.3 is 0 Å². The number of quaternary nitrogens is 1. The number of allylic oxidation sites excluding steroid dienone is 1. The Bertz CT molecular complexity index is 317. The highest BCUT2D eigenvalue weighted by Gasteiger charge is 2.34. The summed E-state index contributed by atoms with van der Waals surface area (Å²) in [5.74, 6) is 0.676. The molecule has 1 unspecified atom stereocenters. The first kappa shape index (κ1) is 11.8. The number of likely N-dealkylation sites (N-methyl/N-ethyl adjacent to an activating group) is 1. The molecule has 0 bridgehead atoms. The summed E-state index contributed by atoms with van der Waals surface area (Å²) in [7, 11) is 4.57. The number of hydrogen-bond donors (Lipinski definition) is 0. The van der Waals surface area contributed by atoms with E-state index >= 15 is 0 Å². The second-order valence-electron chi connectivity index (χ2n) is 6.06. The van der Waals surface area contributed by atoms with E-state index in [0.717, 1.165) is 22.9 Å². The van der Waals surface area contributed by atoms with Gasteiger partial charge in [-0.05, 0) is 30.9 Å². The van der Waals surface area contributed by atoms with Gasteiger partial charge in [-0.3, -0.25) is 4.79 Å². The van der Waals surface area contributed by atoms with Crippen molar-refractivity contribution in [2.75, 3.05) is 20.6 Å². The lowest BCUT2D eigenvalue weighted by atomic mass is 9.84. The van der Waals surface area contributed by atoms with Gasteiger partial charge in [0.1, 0.15) is 6.04 Å². The highest BCUT2D eigenvalue weighted by atomic mass is 16.1. The van der Waals surface area contributed by atoms with Crippen molar-refractivity contribution in [2.45, 2.75) is 45.1 Å². The Kier molecular flexibility index (Phi) is 3.20. The number of nitrogens with zero attached hydrogens (tertiary/aromatic N) is 1. The number of likely N-dealkylation sites (tertiary alicyclic amines) is 1. The Labute approximate surface area is 98.9 Å². The number of hydrogen-bond acceptors (Lipinski definition) is 1. The van der Waals surface area contributed by atoms with Crippen LogP contribution < -0.4 is 0 Å². The van der Waals surface area contributed by atoms with Crippen LogP contribution in [0.15, 0.2) is 11.6 Å². The normalized spacial score (nSPS) is 36.9. The van der Waals surface area contributed by atoms with Crippen molar-refractivity contribution in [1.82, 2.24) is 0 Å². The molecule has 0 amide bonds. The highest BCUT2D eigenvalue weighted by Crippen LogP contribution is 2.29. The van der Waals surface area contributed by atoms with Gasteiger partial charge < -0.3 is 4.48 Å². The van der Waals surface area contributed by atoms with Gasteiger partial charge in [0, 0.05) is 18.8 Å². The molecule has 2 atom stereocenters. The predicted molar refractivity (Wildman–Crippen MR) is 66.1 cm³/mol. The maximum atomic E-state index is 12.0. The van der Waals surface area contributed by atoms with Gasteiger partial charge in [-0.1, -0.05) is 6.92 Å². The lowest BCUT2D eigenvalue weighted by Crippen LogP contribution is -2.43. The molecule has 0 N–H and O–H groups in total. The average Bonchev–Trinajstić information content (AvgIpc) is 2.54. The molecule has 1 saturated carbocycles. The molecule has 2 nitrogen and oxygen atoms in total. The van der Waals surface area contributed by atoms with Crippen LogP contribution in [0, 0.1) is 5.92 Å². The van der Waals surface area contributed by atoms with Crippen molar-refractivity contribution in [3.05, 3.63) is 11.6 Å². The van der Waals surface area contributed by atoms with Crippen LogP contribution >= 0.6 is 0 Å². The van der Waals surface area contributed by atoms with E-state index in [0.29, 0.717) is 11.8 Å². The molecule has 0 aromatic carbocycles. The summed E-state index contributed by atoms with van der Waals surface area (Å²) in [6.45, 7) is 3.32. The fourth-order valence-corrected chi connectivity index (χ4v) is 3.08. The molecule has 2 rings (SSSR count). The fourth-order valence-electron chi connectivity index (χ4n) is 3.08. The van der Waals surface area contributed by atoms with Gasteiger partial charge in [-0.25, -0.2) is 0 Å². The van der Waals surface area contributed by atoms with E-state index in [1.165, 1.54) is 25.8 Å². The monoisotopic (exact) mass is 222 g/mol. The summed E-state index contributed by atoms with van der Waals surface area (Å²) >= 11 is 0. The van der Waals surface area contributed by atoms with Crippen molar-refractivity contribution < 1.29 is 9.28 Å². The molecule has 2 aliphatic rings. The largest absolute Gasteiger partial charge is 0.323 e. The number of carbonyl (C=O) groups excluding carboxylic acids is 1. The smallest absolute Gasteiger partial charge is 0.161 e. The molecule has 0 spiro atoms. The molecular formula is C14H24NO+. The molecule has 0 radical (unpaired) electrons. The third-order valence-corrected chi connectivity index (χ3v) is 4.37. The Morgan fingerprint density at radius 2 is 2.00 bits per heavy atom. The van der Waals surface area contributed by atoms with E-state index in [1.807, 2.05) is 0 Å². The molecule has 0 aromatic heterocycles. The van der Waals surface area contributed by atoms with Crippen molar-refractivity contribution in [2.24, 2.45) is 5.92 Å². The molecule has 1 aliphatic carbocycles. The van der Waals surface area contributed by atoms with Crippen molar-refractivity contribution >= 4 is 5.78 Å². The fraction of sp³-hybridized carbons (Fsp3) is 0.786. The van der Waals surface area contributed by atoms with Crippen LogP contribution in [-0.2, 0) is 4.79 Å². The van der Waals surface area contributed by atoms with E-state index in [9.17, 15) is 4.79 Å². The number of Topliss-reactive ketones (excluding diaryl/α,β-unsaturated/α-hetero) is 1. The van der Waals surface area contributed by atoms with Gasteiger partial charge in [-0.15, -0.1) is 0 Å². The molecule has 16 heavy (non-hydrogen) atoms. The molecule has 2 heteroatoms.